The van der Waals surface area contributed by atoms with Gasteiger partial charge < -0.3 is 4.74 Å². The summed E-state index contributed by atoms with van der Waals surface area (Å²) in [5.41, 5.74) is -0.0720. The van der Waals surface area contributed by atoms with E-state index in [2.05, 4.69) is 9.72 Å². The molecule has 3 nitrogen and oxygen atoms in total. The minimum atomic E-state index is -4.82. The maximum absolute atomic E-state index is 14.0. The third-order valence-electron chi connectivity index (χ3n) is 3.27. The van der Waals surface area contributed by atoms with Crippen LogP contribution in [0.25, 0.3) is 16.9 Å². The van der Waals surface area contributed by atoms with Gasteiger partial charge in [-0.15, -0.1) is 13.2 Å². The van der Waals surface area contributed by atoms with Crippen molar-refractivity contribution in [2.24, 2.45) is 0 Å². The number of ether oxygens (including phenoxy) is 1. The summed E-state index contributed by atoms with van der Waals surface area (Å²) in [5, 5.41) is -0.109. The predicted molar refractivity (Wildman–Crippen MR) is 80.6 cm³/mol. The summed E-state index contributed by atoms with van der Waals surface area (Å²) in [5.74, 6) is -2.09. The molecule has 1 aromatic heterocycles. The Morgan fingerprint density at radius 2 is 1.56 bits per heavy atom. The van der Waals surface area contributed by atoms with Crippen LogP contribution in [0.5, 0.6) is 5.75 Å². The number of nitrogens with zero attached hydrogens (tertiary/aromatic N) is 2. The number of benzene rings is 2. The number of halogens is 6. The number of hydrogen-bond acceptors (Lipinski definition) is 2. The summed E-state index contributed by atoms with van der Waals surface area (Å²) in [6.45, 7) is 0. The molecule has 0 amide bonds. The Balaban J connectivity index is 2.06. The molecule has 1 heterocycles. The Labute approximate surface area is 143 Å². The van der Waals surface area contributed by atoms with Crippen LogP contribution in [0.4, 0.5) is 22.0 Å². The van der Waals surface area contributed by atoms with E-state index in [1.54, 1.807) is 0 Å². The SMILES string of the molecule is Fc1cccc(F)c1-c1cnc(Cl)n1-c1ccc(OC(F)(F)F)cc1. The highest BCUT2D eigenvalue weighted by Crippen LogP contribution is 2.32. The van der Waals surface area contributed by atoms with Gasteiger partial charge in [0.1, 0.15) is 17.4 Å². The van der Waals surface area contributed by atoms with Crippen molar-refractivity contribution >= 4 is 11.6 Å². The third kappa shape index (κ3) is 3.58. The predicted octanol–water partition coefficient (Wildman–Crippen LogP) is 5.37. The van der Waals surface area contributed by atoms with Crippen molar-refractivity contribution in [1.82, 2.24) is 9.55 Å². The molecule has 0 N–H and O–H groups in total. The lowest BCUT2D eigenvalue weighted by atomic mass is 10.1. The van der Waals surface area contributed by atoms with E-state index in [4.69, 9.17) is 11.6 Å². The fourth-order valence-electron chi connectivity index (χ4n) is 2.29. The average Bonchev–Trinajstić information content (AvgIpc) is 2.88. The highest BCUT2D eigenvalue weighted by Gasteiger charge is 2.31. The van der Waals surface area contributed by atoms with Gasteiger partial charge >= 0.3 is 6.36 Å². The van der Waals surface area contributed by atoms with Crippen molar-refractivity contribution in [3.63, 3.8) is 0 Å². The van der Waals surface area contributed by atoms with Gasteiger partial charge in [-0.05, 0) is 48.0 Å². The van der Waals surface area contributed by atoms with E-state index in [1.807, 2.05) is 0 Å². The second kappa shape index (κ2) is 6.36. The first-order valence-corrected chi connectivity index (χ1v) is 7.18. The van der Waals surface area contributed by atoms with Gasteiger partial charge in [-0.25, -0.2) is 13.8 Å². The first-order chi connectivity index (χ1) is 11.8. The van der Waals surface area contributed by atoms with Crippen molar-refractivity contribution in [3.8, 4) is 22.7 Å². The quantitative estimate of drug-likeness (QED) is 0.576. The lowest BCUT2D eigenvalue weighted by Crippen LogP contribution is -2.17. The molecular formula is C16H8ClF5N2O. The molecule has 0 radical (unpaired) electrons. The van der Waals surface area contributed by atoms with Crippen LogP contribution in [0.2, 0.25) is 5.28 Å². The topological polar surface area (TPSA) is 27.1 Å². The number of rotatable bonds is 3. The van der Waals surface area contributed by atoms with Gasteiger partial charge in [0.15, 0.2) is 0 Å². The third-order valence-corrected chi connectivity index (χ3v) is 3.53. The van der Waals surface area contributed by atoms with Gasteiger partial charge in [-0.1, -0.05) is 6.07 Å². The molecule has 2 aromatic carbocycles. The summed E-state index contributed by atoms with van der Waals surface area (Å²) in [4.78, 5) is 3.82. The molecule has 0 fully saturated rings. The Hall–Kier alpha value is -2.61. The number of aromatic nitrogens is 2. The fraction of sp³-hybridized carbons (Fsp3) is 0.0625. The molecular weight excluding hydrogens is 367 g/mol. The largest absolute Gasteiger partial charge is 0.573 e. The molecule has 0 saturated heterocycles. The van der Waals surface area contributed by atoms with E-state index in [-0.39, 0.29) is 22.2 Å². The molecule has 0 aliphatic heterocycles. The zero-order valence-electron chi connectivity index (χ0n) is 12.2. The summed E-state index contributed by atoms with van der Waals surface area (Å²) in [7, 11) is 0. The molecule has 0 saturated carbocycles. The summed E-state index contributed by atoms with van der Waals surface area (Å²) in [6.07, 6.45) is -3.65. The van der Waals surface area contributed by atoms with Crippen molar-refractivity contribution < 1.29 is 26.7 Å². The molecule has 3 aromatic rings. The molecule has 0 atom stereocenters. The minimum absolute atomic E-state index is 0.0186. The number of hydrogen-bond donors (Lipinski definition) is 0. The standard InChI is InChI=1S/C16H8ClF5N2O/c17-15-23-8-13(14-11(18)2-1-3-12(14)19)24(15)9-4-6-10(7-5-9)25-16(20,21)22/h1-8H. The molecule has 130 valence electrons. The average molecular weight is 375 g/mol. The van der Waals surface area contributed by atoms with Crippen molar-refractivity contribution in [1.29, 1.82) is 0 Å². The Morgan fingerprint density at radius 3 is 2.12 bits per heavy atom. The summed E-state index contributed by atoms with van der Waals surface area (Å²) >= 11 is 5.98. The smallest absolute Gasteiger partial charge is 0.406 e. The van der Waals surface area contributed by atoms with Gasteiger partial charge in [0.25, 0.3) is 0 Å². The minimum Gasteiger partial charge on any atom is -0.406 e. The van der Waals surface area contributed by atoms with E-state index in [0.717, 1.165) is 24.3 Å². The van der Waals surface area contributed by atoms with Crippen LogP contribution < -0.4 is 4.74 Å². The molecule has 25 heavy (non-hydrogen) atoms. The van der Waals surface area contributed by atoms with Gasteiger partial charge in [0.2, 0.25) is 5.28 Å². The Morgan fingerprint density at radius 1 is 0.960 bits per heavy atom. The van der Waals surface area contributed by atoms with Crippen LogP contribution in [-0.2, 0) is 0 Å². The van der Waals surface area contributed by atoms with E-state index >= 15 is 0 Å². The van der Waals surface area contributed by atoms with Gasteiger partial charge in [0.05, 0.1) is 17.5 Å². The molecule has 0 bridgehead atoms. The highest BCUT2D eigenvalue weighted by atomic mass is 35.5. The molecule has 0 spiro atoms. The first kappa shape index (κ1) is 17.2. The van der Waals surface area contributed by atoms with Crippen LogP contribution in [0.1, 0.15) is 0 Å². The molecule has 3 rings (SSSR count). The van der Waals surface area contributed by atoms with E-state index < -0.39 is 23.7 Å². The summed E-state index contributed by atoms with van der Waals surface area (Å²) < 4.78 is 69.7. The van der Waals surface area contributed by atoms with E-state index in [0.29, 0.717) is 0 Å². The van der Waals surface area contributed by atoms with Crippen molar-refractivity contribution in [2.45, 2.75) is 6.36 Å². The molecule has 0 aliphatic carbocycles. The Kier molecular flexibility index (Phi) is 4.38. The van der Waals surface area contributed by atoms with Crippen LogP contribution in [0, 0.1) is 11.6 Å². The maximum atomic E-state index is 14.0. The fourth-order valence-corrected chi connectivity index (χ4v) is 2.53. The monoisotopic (exact) mass is 374 g/mol. The number of alkyl halides is 3. The summed E-state index contributed by atoms with van der Waals surface area (Å²) in [6, 6.07) is 7.99. The highest BCUT2D eigenvalue weighted by molar-refractivity contribution is 6.29. The van der Waals surface area contributed by atoms with Crippen molar-refractivity contribution in [3.05, 3.63) is 65.6 Å². The zero-order valence-corrected chi connectivity index (χ0v) is 12.9. The Bertz CT molecular complexity index is 886. The second-order valence-electron chi connectivity index (χ2n) is 4.89. The van der Waals surface area contributed by atoms with E-state index in [1.165, 1.54) is 29.0 Å². The molecule has 0 unspecified atom stereocenters. The number of imidazole rings is 1. The normalized spacial score (nSPS) is 11.6. The zero-order chi connectivity index (χ0) is 18.2. The lowest BCUT2D eigenvalue weighted by Gasteiger charge is -2.13. The lowest BCUT2D eigenvalue weighted by molar-refractivity contribution is -0.274. The first-order valence-electron chi connectivity index (χ1n) is 6.80. The van der Waals surface area contributed by atoms with Crippen molar-refractivity contribution in [2.75, 3.05) is 0 Å². The van der Waals surface area contributed by atoms with E-state index in [9.17, 15) is 22.0 Å². The van der Waals surface area contributed by atoms with Crippen LogP contribution in [0.3, 0.4) is 0 Å². The molecule has 0 aliphatic rings. The van der Waals surface area contributed by atoms with Crippen LogP contribution in [0.15, 0.2) is 48.7 Å². The van der Waals surface area contributed by atoms with Gasteiger partial charge in [-0.3, -0.25) is 4.57 Å². The van der Waals surface area contributed by atoms with Crippen LogP contribution in [-0.4, -0.2) is 15.9 Å². The molecule has 9 heteroatoms. The van der Waals surface area contributed by atoms with Gasteiger partial charge in [0, 0.05) is 5.69 Å². The van der Waals surface area contributed by atoms with Crippen LogP contribution >= 0.6 is 11.6 Å². The maximum Gasteiger partial charge on any atom is 0.573 e. The second-order valence-corrected chi connectivity index (χ2v) is 5.22. The van der Waals surface area contributed by atoms with Gasteiger partial charge in [-0.2, -0.15) is 0 Å².